The lowest BCUT2D eigenvalue weighted by Gasteiger charge is -2.23. The third-order valence-electron chi connectivity index (χ3n) is 1.84. The molecule has 0 atom stereocenters. The molecule has 0 saturated heterocycles. The van der Waals surface area contributed by atoms with Crippen molar-refractivity contribution in [1.82, 2.24) is 16.0 Å². The molecule has 0 aromatic carbocycles. The zero-order chi connectivity index (χ0) is 12.4. The minimum atomic E-state index is -0.148. The van der Waals surface area contributed by atoms with Gasteiger partial charge in [0.25, 0.3) is 5.91 Å². The molecule has 0 aromatic rings. The quantitative estimate of drug-likeness (QED) is 0.354. The number of carbonyl (C=O) groups is 1. The molecule has 0 bridgehead atoms. The Morgan fingerprint density at radius 3 is 2.12 bits per heavy atom. The first-order chi connectivity index (χ1) is 7.67. The summed E-state index contributed by atoms with van der Waals surface area (Å²) in [6, 6.07) is 0. The first-order valence-corrected chi connectivity index (χ1v) is 5.38. The van der Waals surface area contributed by atoms with Gasteiger partial charge in [-0.05, 0) is 6.42 Å². The lowest BCUT2D eigenvalue weighted by molar-refractivity contribution is -0.133. The van der Waals surface area contributed by atoms with Gasteiger partial charge in [-0.2, -0.15) is 0 Å². The van der Waals surface area contributed by atoms with Crippen LogP contribution in [0.4, 0.5) is 0 Å². The second-order valence-corrected chi connectivity index (χ2v) is 3.30. The van der Waals surface area contributed by atoms with E-state index in [0.717, 1.165) is 6.42 Å². The molecule has 0 aliphatic heterocycles. The second kappa shape index (κ2) is 8.88. The number of hydrazine groups is 2. The molecule has 16 heavy (non-hydrogen) atoms. The lowest BCUT2D eigenvalue weighted by atomic mass is 10.2. The largest absolute Gasteiger partial charge is 0.278 e. The topological polar surface area (TPSA) is 44.4 Å². The Kier molecular flexibility index (Phi) is 8.11. The number of hydrogen-bond donors (Lipinski definition) is 2. The van der Waals surface area contributed by atoms with E-state index in [2.05, 4.69) is 30.6 Å². The van der Waals surface area contributed by atoms with Crippen molar-refractivity contribution in [2.45, 2.75) is 19.8 Å². The fourth-order valence-electron chi connectivity index (χ4n) is 1.08. The van der Waals surface area contributed by atoms with Crippen molar-refractivity contribution in [3.05, 3.63) is 37.5 Å². The van der Waals surface area contributed by atoms with E-state index in [4.69, 9.17) is 0 Å². The summed E-state index contributed by atoms with van der Waals surface area (Å²) in [5, 5.41) is 1.33. The average molecular weight is 223 g/mol. The van der Waals surface area contributed by atoms with Crippen molar-refractivity contribution >= 4 is 5.91 Å². The number of nitrogens with zero attached hydrogens (tertiary/aromatic N) is 1. The fraction of sp³-hybridized carbons (Fsp3) is 0.417. The van der Waals surface area contributed by atoms with Crippen LogP contribution < -0.4 is 10.9 Å². The predicted molar refractivity (Wildman–Crippen MR) is 67.3 cm³/mol. The van der Waals surface area contributed by atoms with E-state index in [9.17, 15) is 4.79 Å². The van der Waals surface area contributed by atoms with E-state index in [0.29, 0.717) is 25.1 Å². The molecule has 4 heteroatoms. The van der Waals surface area contributed by atoms with Crippen molar-refractivity contribution < 1.29 is 4.79 Å². The van der Waals surface area contributed by atoms with Gasteiger partial charge in [0.2, 0.25) is 0 Å². The van der Waals surface area contributed by atoms with Crippen molar-refractivity contribution in [1.29, 1.82) is 0 Å². The van der Waals surface area contributed by atoms with Gasteiger partial charge in [-0.1, -0.05) is 32.1 Å². The molecule has 0 heterocycles. The van der Waals surface area contributed by atoms with Gasteiger partial charge in [-0.3, -0.25) is 4.79 Å². The molecule has 0 fully saturated rings. The number of nitrogens with one attached hydrogen (secondary N) is 2. The standard InChI is InChI=1S/C12H21N3O/c1-5-8-11(4)12(16)15(13-9-6-2)14-10-7-3/h6-7,13-14H,2-5,8-10H2,1H3. The van der Waals surface area contributed by atoms with Gasteiger partial charge in [0, 0.05) is 18.7 Å². The van der Waals surface area contributed by atoms with Gasteiger partial charge >= 0.3 is 0 Å². The van der Waals surface area contributed by atoms with Crippen LogP contribution in [0.2, 0.25) is 0 Å². The Bertz CT molecular complexity index is 249. The van der Waals surface area contributed by atoms with Gasteiger partial charge in [0.05, 0.1) is 0 Å². The maximum atomic E-state index is 11.9. The summed E-state index contributed by atoms with van der Waals surface area (Å²) in [7, 11) is 0. The highest BCUT2D eigenvalue weighted by Gasteiger charge is 2.14. The SMILES string of the molecule is C=CCNN(NCC=C)C(=O)C(=C)CCC. The summed E-state index contributed by atoms with van der Waals surface area (Å²) in [6.07, 6.45) is 4.96. The van der Waals surface area contributed by atoms with Gasteiger partial charge in [-0.25, -0.2) is 16.0 Å². The third kappa shape index (κ3) is 5.48. The summed E-state index contributed by atoms with van der Waals surface area (Å²) < 4.78 is 0. The Balaban J connectivity index is 4.34. The summed E-state index contributed by atoms with van der Waals surface area (Å²) >= 11 is 0. The molecule has 1 amide bonds. The van der Waals surface area contributed by atoms with E-state index in [-0.39, 0.29) is 5.91 Å². The van der Waals surface area contributed by atoms with Crippen molar-refractivity contribution in [3.8, 4) is 0 Å². The van der Waals surface area contributed by atoms with Crippen LogP contribution in [0, 0.1) is 0 Å². The molecule has 0 rings (SSSR count). The number of rotatable bonds is 9. The number of amides is 1. The van der Waals surface area contributed by atoms with Gasteiger partial charge in [0.15, 0.2) is 0 Å². The molecule has 0 aromatic heterocycles. The highest BCUT2D eigenvalue weighted by molar-refractivity contribution is 5.92. The molecule has 2 N–H and O–H groups in total. The van der Waals surface area contributed by atoms with Crippen LogP contribution in [0.5, 0.6) is 0 Å². The molecular weight excluding hydrogens is 202 g/mol. The zero-order valence-corrected chi connectivity index (χ0v) is 9.96. The first-order valence-electron chi connectivity index (χ1n) is 5.38. The lowest BCUT2D eigenvalue weighted by Crippen LogP contribution is -2.52. The van der Waals surface area contributed by atoms with Gasteiger partial charge in [0.1, 0.15) is 0 Å². The van der Waals surface area contributed by atoms with Crippen LogP contribution in [0.3, 0.4) is 0 Å². The summed E-state index contributed by atoms with van der Waals surface area (Å²) in [6.45, 7) is 14.0. The summed E-state index contributed by atoms with van der Waals surface area (Å²) in [5.74, 6) is -0.148. The van der Waals surface area contributed by atoms with E-state index in [1.54, 1.807) is 12.2 Å². The zero-order valence-electron chi connectivity index (χ0n) is 9.96. The van der Waals surface area contributed by atoms with Gasteiger partial charge < -0.3 is 0 Å². The highest BCUT2D eigenvalue weighted by Crippen LogP contribution is 2.03. The molecular formula is C12H21N3O. The number of hydrogen-bond acceptors (Lipinski definition) is 3. The molecule has 0 aliphatic rings. The van der Waals surface area contributed by atoms with Crippen LogP contribution in [0.1, 0.15) is 19.8 Å². The van der Waals surface area contributed by atoms with Crippen LogP contribution in [-0.4, -0.2) is 24.1 Å². The first kappa shape index (κ1) is 14.6. The number of carbonyl (C=O) groups excluding carboxylic acids is 1. The monoisotopic (exact) mass is 223 g/mol. The Morgan fingerprint density at radius 1 is 1.25 bits per heavy atom. The van der Waals surface area contributed by atoms with Crippen LogP contribution in [0.15, 0.2) is 37.5 Å². The maximum absolute atomic E-state index is 11.9. The Morgan fingerprint density at radius 2 is 1.75 bits per heavy atom. The van der Waals surface area contributed by atoms with Crippen LogP contribution in [-0.2, 0) is 4.79 Å². The molecule has 4 nitrogen and oxygen atoms in total. The normalized spacial score (nSPS) is 9.56. The molecule has 0 unspecified atom stereocenters. The molecule has 0 radical (unpaired) electrons. The smallest absolute Gasteiger partial charge is 0.267 e. The second-order valence-electron chi connectivity index (χ2n) is 3.30. The highest BCUT2D eigenvalue weighted by atomic mass is 16.2. The predicted octanol–water partition coefficient (Wildman–Crippen LogP) is 1.55. The van der Waals surface area contributed by atoms with Crippen molar-refractivity contribution in [3.63, 3.8) is 0 Å². The maximum Gasteiger partial charge on any atom is 0.278 e. The average Bonchev–Trinajstić information content (AvgIpc) is 2.29. The fourth-order valence-corrected chi connectivity index (χ4v) is 1.08. The minimum Gasteiger partial charge on any atom is -0.267 e. The van der Waals surface area contributed by atoms with Crippen molar-refractivity contribution in [2.75, 3.05) is 13.1 Å². The molecule has 0 spiro atoms. The molecule has 90 valence electrons. The third-order valence-corrected chi connectivity index (χ3v) is 1.84. The minimum absolute atomic E-state index is 0.148. The van der Waals surface area contributed by atoms with E-state index >= 15 is 0 Å². The van der Waals surface area contributed by atoms with Crippen molar-refractivity contribution in [2.24, 2.45) is 0 Å². The van der Waals surface area contributed by atoms with Crippen LogP contribution in [0.25, 0.3) is 0 Å². The molecule has 0 saturated carbocycles. The Hall–Kier alpha value is -1.39. The van der Waals surface area contributed by atoms with E-state index in [1.807, 2.05) is 6.92 Å². The summed E-state index contributed by atoms with van der Waals surface area (Å²) in [4.78, 5) is 11.9. The Labute approximate surface area is 97.6 Å². The van der Waals surface area contributed by atoms with E-state index in [1.165, 1.54) is 5.12 Å². The summed E-state index contributed by atoms with van der Waals surface area (Å²) in [5.41, 5.74) is 6.36. The van der Waals surface area contributed by atoms with Crippen LogP contribution >= 0.6 is 0 Å². The van der Waals surface area contributed by atoms with E-state index < -0.39 is 0 Å². The van der Waals surface area contributed by atoms with Gasteiger partial charge in [-0.15, -0.1) is 13.2 Å². The molecule has 0 aliphatic carbocycles.